The molecule has 4 aliphatic rings. The molecule has 0 aromatic carbocycles. The average Bonchev–Trinajstić information content (AvgIpc) is 2.96. The summed E-state index contributed by atoms with van der Waals surface area (Å²) in [7, 11) is 0. The average molecular weight is 487 g/mol. The molecule has 1 N–H and O–H groups in total. The minimum atomic E-state index is -2.02. The molecule has 32 heavy (non-hydrogen) atoms. The molecular weight excluding hydrogens is 458 g/mol. The van der Waals surface area contributed by atoms with Gasteiger partial charge in [0.25, 0.3) is 0 Å². The molecule has 0 saturated heterocycles. The minimum absolute atomic E-state index is 0.0716. The van der Waals surface area contributed by atoms with Gasteiger partial charge in [-0.15, -0.1) is 23.2 Å². The summed E-state index contributed by atoms with van der Waals surface area (Å²) in [6.07, 6.45) is 4.35. The maximum atomic E-state index is 17.2. The van der Waals surface area contributed by atoms with Gasteiger partial charge in [-0.2, -0.15) is 0 Å². The highest BCUT2D eigenvalue weighted by Gasteiger charge is 2.77. The van der Waals surface area contributed by atoms with Crippen LogP contribution in [0.3, 0.4) is 0 Å². The number of ether oxygens (including phenoxy) is 1. The summed E-state index contributed by atoms with van der Waals surface area (Å²) in [6, 6.07) is 0. The van der Waals surface area contributed by atoms with Crippen LogP contribution >= 0.6 is 23.2 Å². The van der Waals surface area contributed by atoms with Crippen LogP contribution in [0.2, 0.25) is 0 Å². The van der Waals surface area contributed by atoms with Crippen LogP contribution < -0.4 is 0 Å². The van der Waals surface area contributed by atoms with Crippen LogP contribution in [-0.2, 0) is 19.1 Å². The molecule has 0 aromatic heterocycles. The first-order valence-corrected chi connectivity index (χ1v) is 12.2. The van der Waals surface area contributed by atoms with Gasteiger partial charge < -0.3 is 9.84 Å². The van der Waals surface area contributed by atoms with E-state index in [-0.39, 0.29) is 24.0 Å². The second-order valence-corrected chi connectivity index (χ2v) is 10.8. The smallest absolute Gasteiger partial charge is 0.321 e. The molecule has 176 valence electrons. The van der Waals surface area contributed by atoms with Crippen molar-refractivity contribution in [3.8, 4) is 0 Å². The standard InChI is InChI=1S/C24H29Cl2FO5/c1-13-8-17-16-5-4-14-9-15(28)6-7-21(14,2)23(16,27)18(29)10-22(17,3)24(13,19(30)11-25)32-20(31)12-26/h6-7,9,13,16-18,29H,4-5,8,10-12H2,1-3H3/t13-,16?,17?,18-,21?,22?,23-,24-/m0/s1. The van der Waals surface area contributed by atoms with Gasteiger partial charge in [0.05, 0.1) is 12.0 Å². The SMILES string of the molecule is C[C@H]1CC2C3CCC4=CC(=O)C=CC4(C)[C@@]3(F)[C@@H](O)CC2(C)[C@@]1(OC(=O)CCl)C(=O)CCl. The maximum Gasteiger partial charge on any atom is 0.321 e. The van der Waals surface area contributed by atoms with E-state index in [9.17, 15) is 19.5 Å². The highest BCUT2D eigenvalue weighted by molar-refractivity contribution is 6.29. The van der Waals surface area contributed by atoms with Crippen LogP contribution in [0.25, 0.3) is 0 Å². The number of aliphatic hydroxyl groups is 1. The van der Waals surface area contributed by atoms with Gasteiger partial charge in [0.2, 0.25) is 0 Å². The zero-order chi connectivity index (χ0) is 23.7. The first-order chi connectivity index (χ1) is 14.9. The van der Waals surface area contributed by atoms with Crippen molar-refractivity contribution in [1.29, 1.82) is 0 Å². The fourth-order valence-corrected chi connectivity index (χ4v) is 7.96. The molecule has 5 nitrogen and oxygen atoms in total. The Morgan fingerprint density at radius 2 is 1.94 bits per heavy atom. The number of Topliss-reactive ketones (excluding diaryl/α,β-unsaturated/α-hetero) is 1. The van der Waals surface area contributed by atoms with Crippen molar-refractivity contribution in [3.05, 3.63) is 23.8 Å². The van der Waals surface area contributed by atoms with E-state index < -0.39 is 57.7 Å². The van der Waals surface area contributed by atoms with E-state index in [2.05, 4.69) is 0 Å². The number of hydrogen-bond acceptors (Lipinski definition) is 5. The van der Waals surface area contributed by atoms with E-state index in [0.717, 1.165) is 0 Å². The molecule has 8 heteroatoms. The fourth-order valence-electron chi connectivity index (χ4n) is 7.70. The van der Waals surface area contributed by atoms with Crippen molar-refractivity contribution in [3.63, 3.8) is 0 Å². The Balaban J connectivity index is 1.85. The number of alkyl halides is 3. The first kappa shape index (κ1) is 23.9. The normalized spacial score (nSPS) is 47.2. The van der Waals surface area contributed by atoms with Crippen molar-refractivity contribution < 1.29 is 28.6 Å². The molecule has 0 spiro atoms. The highest BCUT2D eigenvalue weighted by atomic mass is 35.5. The Hall–Kier alpha value is -1.24. The molecule has 0 amide bonds. The van der Waals surface area contributed by atoms with E-state index in [0.29, 0.717) is 24.8 Å². The van der Waals surface area contributed by atoms with Crippen molar-refractivity contribution in [2.45, 2.75) is 63.8 Å². The Labute approximate surface area is 197 Å². The number of carbonyl (C=O) groups is 3. The second-order valence-electron chi connectivity index (χ2n) is 10.3. The third-order valence-electron chi connectivity index (χ3n) is 9.10. The zero-order valence-electron chi connectivity index (χ0n) is 18.5. The van der Waals surface area contributed by atoms with E-state index >= 15 is 4.39 Å². The van der Waals surface area contributed by atoms with Crippen molar-refractivity contribution in [2.24, 2.45) is 28.6 Å². The van der Waals surface area contributed by atoms with Crippen LogP contribution in [0.5, 0.6) is 0 Å². The quantitative estimate of drug-likeness (QED) is 0.480. The molecule has 0 heterocycles. The molecule has 3 saturated carbocycles. The Kier molecular flexibility index (Phi) is 5.71. The lowest BCUT2D eigenvalue weighted by atomic mass is 9.44. The van der Waals surface area contributed by atoms with Crippen LogP contribution in [-0.4, -0.2) is 51.8 Å². The van der Waals surface area contributed by atoms with Gasteiger partial charge in [0.15, 0.2) is 22.8 Å². The van der Waals surface area contributed by atoms with Gasteiger partial charge in [0, 0.05) is 22.7 Å². The zero-order valence-corrected chi connectivity index (χ0v) is 20.0. The van der Waals surface area contributed by atoms with Crippen LogP contribution in [0.15, 0.2) is 23.8 Å². The van der Waals surface area contributed by atoms with Crippen LogP contribution in [0.4, 0.5) is 4.39 Å². The van der Waals surface area contributed by atoms with Gasteiger partial charge in [-0.05, 0) is 50.7 Å². The summed E-state index contributed by atoms with van der Waals surface area (Å²) in [4.78, 5) is 37.5. The Morgan fingerprint density at radius 1 is 1.25 bits per heavy atom. The van der Waals surface area contributed by atoms with Gasteiger partial charge >= 0.3 is 5.97 Å². The number of ketones is 2. The second kappa shape index (κ2) is 7.64. The number of hydrogen-bond donors (Lipinski definition) is 1. The Morgan fingerprint density at radius 3 is 2.56 bits per heavy atom. The summed E-state index contributed by atoms with van der Waals surface area (Å²) < 4.78 is 22.9. The van der Waals surface area contributed by atoms with Gasteiger partial charge in [-0.1, -0.05) is 25.5 Å². The lowest BCUT2D eigenvalue weighted by Gasteiger charge is -2.62. The molecule has 0 bridgehead atoms. The predicted molar refractivity (Wildman–Crippen MR) is 118 cm³/mol. The lowest BCUT2D eigenvalue weighted by Crippen LogP contribution is -2.70. The molecule has 4 rings (SSSR count). The Bertz CT molecular complexity index is 933. The summed E-state index contributed by atoms with van der Waals surface area (Å²) in [5.74, 6) is -3.47. The third kappa shape index (κ3) is 2.75. The van der Waals surface area contributed by atoms with Crippen LogP contribution in [0, 0.1) is 28.6 Å². The highest BCUT2D eigenvalue weighted by Crippen LogP contribution is 2.71. The first-order valence-electron chi connectivity index (χ1n) is 11.1. The molecule has 8 atom stereocenters. The van der Waals surface area contributed by atoms with Crippen molar-refractivity contribution in [1.82, 2.24) is 0 Å². The van der Waals surface area contributed by atoms with E-state index in [1.54, 1.807) is 13.0 Å². The number of aliphatic hydroxyl groups excluding tert-OH is 1. The molecular formula is C24H29Cl2FO5. The van der Waals surface area contributed by atoms with Crippen molar-refractivity contribution in [2.75, 3.05) is 11.8 Å². The molecule has 3 fully saturated rings. The number of esters is 1. The van der Waals surface area contributed by atoms with Crippen molar-refractivity contribution >= 4 is 40.7 Å². The summed E-state index contributed by atoms with van der Waals surface area (Å²) >= 11 is 11.7. The number of allylic oxidation sites excluding steroid dienone is 4. The molecule has 0 aromatic rings. The number of carbonyl (C=O) groups excluding carboxylic acids is 3. The summed E-state index contributed by atoms with van der Waals surface area (Å²) in [6.45, 7) is 5.36. The van der Waals surface area contributed by atoms with Crippen LogP contribution in [0.1, 0.15) is 46.5 Å². The number of halogens is 3. The summed E-state index contributed by atoms with van der Waals surface area (Å²) in [5, 5.41) is 11.4. The predicted octanol–water partition coefficient (Wildman–Crippen LogP) is 3.93. The van der Waals surface area contributed by atoms with Gasteiger partial charge in [-0.25, -0.2) is 4.39 Å². The third-order valence-corrected chi connectivity index (χ3v) is 9.56. The maximum absolute atomic E-state index is 17.2. The monoisotopic (exact) mass is 486 g/mol. The molecule has 4 aliphatic carbocycles. The largest absolute Gasteiger partial charge is 0.449 e. The minimum Gasteiger partial charge on any atom is -0.449 e. The van der Waals surface area contributed by atoms with E-state index in [1.165, 1.54) is 12.2 Å². The summed E-state index contributed by atoms with van der Waals surface area (Å²) in [5.41, 5.74) is -5.04. The lowest BCUT2D eigenvalue weighted by molar-refractivity contribution is -0.226. The number of fused-ring (bicyclic) bond motifs is 5. The van der Waals surface area contributed by atoms with Gasteiger partial charge in [-0.3, -0.25) is 14.4 Å². The molecule has 4 unspecified atom stereocenters. The molecule has 0 aliphatic heterocycles. The van der Waals surface area contributed by atoms with Gasteiger partial charge in [0.1, 0.15) is 5.88 Å². The van der Waals surface area contributed by atoms with E-state index in [4.69, 9.17) is 27.9 Å². The topological polar surface area (TPSA) is 80.7 Å². The fraction of sp³-hybridized carbons (Fsp3) is 0.708. The molecule has 0 radical (unpaired) electrons. The van der Waals surface area contributed by atoms with E-state index in [1.807, 2.05) is 13.8 Å². The number of rotatable bonds is 4.